The van der Waals surface area contributed by atoms with Gasteiger partial charge in [0.2, 0.25) is 0 Å². The minimum Gasteiger partial charge on any atom is -0.389 e. The Labute approximate surface area is 94.6 Å². The first kappa shape index (κ1) is 10.5. The van der Waals surface area contributed by atoms with Gasteiger partial charge in [-0.25, -0.2) is 0 Å². The number of benzene rings is 1. The first-order chi connectivity index (χ1) is 7.15. The van der Waals surface area contributed by atoms with Crippen LogP contribution in [0.15, 0.2) is 36.0 Å². The molecular weight excluding hydrogens is 210 g/mol. The highest BCUT2D eigenvalue weighted by molar-refractivity contribution is 6.30. The molecule has 0 radical (unpaired) electrons. The lowest BCUT2D eigenvalue weighted by molar-refractivity contribution is 0.186. The van der Waals surface area contributed by atoms with E-state index in [1.807, 2.05) is 37.3 Å². The summed E-state index contributed by atoms with van der Waals surface area (Å²) in [6.45, 7) is 1.96. The van der Waals surface area contributed by atoms with Crippen LogP contribution in [0.5, 0.6) is 0 Å². The fraction of sp³-hybridized carbons (Fsp3) is 0.333. The van der Waals surface area contributed by atoms with Gasteiger partial charge < -0.3 is 10.4 Å². The van der Waals surface area contributed by atoms with E-state index in [1.54, 1.807) is 0 Å². The molecule has 80 valence electrons. The quantitative estimate of drug-likeness (QED) is 0.767. The molecule has 2 nitrogen and oxygen atoms in total. The van der Waals surface area contributed by atoms with E-state index in [-0.39, 0.29) is 12.1 Å². The maximum absolute atomic E-state index is 9.63. The van der Waals surface area contributed by atoms with Gasteiger partial charge in [-0.3, -0.25) is 0 Å². The highest BCUT2D eigenvalue weighted by Gasteiger charge is 2.19. The monoisotopic (exact) mass is 223 g/mol. The molecule has 1 aromatic rings. The number of rotatable bonds is 1. The van der Waals surface area contributed by atoms with Crippen molar-refractivity contribution in [3.8, 4) is 0 Å². The van der Waals surface area contributed by atoms with Crippen LogP contribution in [0.2, 0.25) is 5.02 Å². The first-order valence-corrected chi connectivity index (χ1v) is 5.41. The largest absolute Gasteiger partial charge is 0.389 e. The summed E-state index contributed by atoms with van der Waals surface area (Å²) in [7, 11) is 0. The van der Waals surface area contributed by atoms with Crippen LogP contribution in [0.3, 0.4) is 0 Å². The van der Waals surface area contributed by atoms with Crippen molar-refractivity contribution < 1.29 is 5.11 Å². The molecule has 3 heteroatoms. The molecule has 0 fully saturated rings. The normalized spacial score (nSPS) is 25.7. The lowest BCUT2D eigenvalue weighted by Gasteiger charge is -2.27. The second-order valence-corrected chi connectivity index (χ2v) is 4.34. The van der Waals surface area contributed by atoms with Gasteiger partial charge in [0.1, 0.15) is 0 Å². The average Bonchev–Trinajstić information content (AvgIpc) is 2.16. The zero-order chi connectivity index (χ0) is 10.8. The summed E-state index contributed by atoms with van der Waals surface area (Å²) in [5, 5.41) is 13.7. The van der Waals surface area contributed by atoms with E-state index in [0.717, 1.165) is 16.3 Å². The Hall–Kier alpha value is -0.990. The second-order valence-electron chi connectivity index (χ2n) is 3.90. The van der Waals surface area contributed by atoms with Crippen LogP contribution in [0.25, 0.3) is 0 Å². The number of allylic oxidation sites excluding steroid dienone is 1. The smallest absolute Gasteiger partial charge is 0.0763 e. The maximum atomic E-state index is 9.63. The summed E-state index contributed by atoms with van der Waals surface area (Å²) in [6, 6.07) is 7.90. The third-order valence-corrected chi connectivity index (χ3v) is 2.81. The van der Waals surface area contributed by atoms with Crippen molar-refractivity contribution >= 4 is 11.6 Å². The van der Waals surface area contributed by atoms with Crippen molar-refractivity contribution in [2.45, 2.75) is 25.5 Å². The summed E-state index contributed by atoms with van der Waals surface area (Å²) in [4.78, 5) is 0. The molecular formula is C12H14ClNO. The molecule has 1 aliphatic heterocycles. The van der Waals surface area contributed by atoms with Crippen LogP contribution >= 0.6 is 11.6 Å². The van der Waals surface area contributed by atoms with Gasteiger partial charge in [-0.05, 0) is 30.7 Å². The Kier molecular flexibility index (Phi) is 2.98. The first-order valence-electron chi connectivity index (χ1n) is 5.03. The van der Waals surface area contributed by atoms with Gasteiger partial charge in [0.15, 0.2) is 0 Å². The predicted octanol–water partition coefficient (Wildman–Crippen LogP) is 2.64. The Morgan fingerprint density at radius 1 is 1.47 bits per heavy atom. The van der Waals surface area contributed by atoms with Crippen molar-refractivity contribution in [1.82, 2.24) is 5.32 Å². The van der Waals surface area contributed by atoms with Crippen LogP contribution in [0.1, 0.15) is 24.9 Å². The number of halogens is 1. The topological polar surface area (TPSA) is 32.3 Å². The molecule has 1 aromatic carbocycles. The molecule has 15 heavy (non-hydrogen) atoms. The minimum atomic E-state index is -0.366. The van der Waals surface area contributed by atoms with E-state index >= 15 is 0 Å². The van der Waals surface area contributed by atoms with Crippen molar-refractivity contribution in [3.05, 3.63) is 46.6 Å². The Bertz CT molecular complexity index is 389. The third-order valence-electron chi connectivity index (χ3n) is 2.57. The summed E-state index contributed by atoms with van der Waals surface area (Å²) in [5.41, 5.74) is 2.13. The van der Waals surface area contributed by atoms with Crippen molar-refractivity contribution in [2.75, 3.05) is 0 Å². The van der Waals surface area contributed by atoms with Gasteiger partial charge >= 0.3 is 0 Å². The summed E-state index contributed by atoms with van der Waals surface area (Å²) in [5.74, 6) is 0. The molecule has 0 saturated heterocycles. The van der Waals surface area contributed by atoms with Crippen molar-refractivity contribution in [3.63, 3.8) is 0 Å². The zero-order valence-electron chi connectivity index (χ0n) is 8.57. The third kappa shape index (κ3) is 2.52. The SMILES string of the molecule is CC1=C[C@@H](O)C[C@H](c2cccc(Cl)c2)N1. The van der Waals surface area contributed by atoms with Crippen LogP contribution in [-0.2, 0) is 0 Å². The fourth-order valence-electron chi connectivity index (χ4n) is 1.92. The number of nitrogens with one attached hydrogen (secondary N) is 1. The van der Waals surface area contributed by atoms with Crippen molar-refractivity contribution in [1.29, 1.82) is 0 Å². The van der Waals surface area contributed by atoms with E-state index in [2.05, 4.69) is 5.32 Å². The fourth-order valence-corrected chi connectivity index (χ4v) is 2.12. The van der Waals surface area contributed by atoms with Crippen molar-refractivity contribution in [2.24, 2.45) is 0 Å². The van der Waals surface area contributed by atoms with Crippen LogP contribution in [-0.4, -0.2) is 11.2 Å². The molecule has 0 spiro atoms. The summed E-state index contributed by atoms with van der Waals surface area (Å²) < 4.78 is 0. The highest BCUT2D eigenvalue weighted by Crippen LogP contribution is 2.26. The highest BCUT2D eigenvalue weighted by atomic mass is 35.5. The number of hydrogen-bond acceptors (Lipinski definition) is 2. The van der Waals surface area contributed by atoms with E-state index in [0.29, 0.717) is 6.42 Å². The van der Waals surface area contributed by atoms with Crippen LogP contribution in [0, 0.1) is 0 Å². The van der Waals surface area contributed by atoms with Crippen LogP contribution < -0.4 is 5.32 Å². The number of hydrogen-bond donors (Lipinski definition) is 2. The van der Waals surface area contributed by atoms with Gasteiger partial charge in [-0.1, -0.05) is 23.7 Å². The van der Waals surface area contributed by atoms with E-state index in [9.17, 15) is 5.11 Å². The lowest BCUT2D eigenvalue weighted by Crippen LogP contribution is -2.29. The molecule has 2 rings (SSSR count). The molecule has 0 unspecified atom stereocenters. The molecule has 0 aromatic heterocycles. The number of aliphatic hydroxyl groups excluding tert-OH is 1. The van der Waals surface area contributed by atoms with Gasteiger partial charge in [-0.15, -0.1) is 0 Å². The molecule has 0 bridgehead atoms. The standard InChI is InChI=1S/C12H14ClNO/c1-8-5-11(15)7-12(14-8)9-3-2-4-10(13)6-9/h2-6,11-12,14-15H,7H2,1H3/t11-,12-/m1/s1. The van der Waals surface area contributed by atoms with Crippen LogP contribution in [0.4, 0.5) is 0 Å². The zero-order valence-corrected chi connectivity index (χ0v) is 9.33. The molecule has 2 N–H and O–H groups in total. The van der Waals surface area contributed by atoms with E-state index in [4.69, 9.17) is 11.6 Å². The summed E-state index contributed by atoms with van der Waals surface area (Å²) >= 11 is 5.93. The molecule has 1 heterocycles. The number of aliphatic hydroxyl groups is 1. The van der Waals surface area contributed by atoms with Gasteiger partial charge in [0, 0.05) is 17.1 Å². The van der Waals surface area contributed by atoms with Gasteiger partial charge in [-0.2, -0.15) is 0 Å². The maximum Gasteiger partial charge on any atom is 0.0763 e. The van der Waals surface area contributed by atoms with E-state index in [1.165, 1.54) is 0 Å². The molecule has 2 atom stereocenters. The second kappa shape index (κ2) is 4.25. The Balaban J connectivity index is 2.22. The molecule has 0 saturated carbocycles. The molecule has 1 aliphatic rings. The van der Waals surface area contributed by atoms with Gasteiger partial charge in [0.05, 0.1) is 12.1 Å². The minimum absolute atomic E-state index is 0.156. The molecule has 0 aliphatic carbocycles. The Morgan fingerprint density at radius 3 is 2.93 bits per heavy atom. The summed E-state index contributed by atoms with van der Waals surface area (Å²) in [6.07, 6.45) is 2.16. The average molecular weight is 224 g/mol. The van der Waals surface area contributed by atoms with E-state index < -0.39 is 0 Å². The predicted molar refractivity (Wildman–Crippen MR) is 61.7 cm³/mol. The lowest BCUT2D eigenvalue weighted by atomic mass is 9.97. The Morgan fingerprint density at radius 2 is 2.27 bits per heavy atom. The van der Waals surface area contributed by atoms with Gasteiger partial charge in [0.25, 0.3) is 0 Å². The molecule has 0 amide bonds.